The van der Waals surface area contributed by atoms with Crippen LogP contribution in [0.2, 0.25) is 0 Å². The van der Waals surface area contributed by atoms with E-state index in [1.54, 1.807) is 12.1 Å². The van der Waals surface area contributed by atoms with E-state index in [2.05, 4.69) is 4.98 Å². The predicted octanol–water partition coefficient (Wildman–Crippen LogP) is 2.82. The highest BCUT2D eigenvalue weighted by molar-refractivity contribution is 5.86. The minimum Gasteiger partial charge on any atom is -0.481 e. The predicted molar refractivity (Wildman–Crippen MR) is 81.3 cm³/mol. The van der Waals surface area contributed by atoms with Crippen LogP contribution < -0.4 is 5.56 Å². The van der Waals surface area contributed by atoms with Gasteiger partial charge in [-0.1, -0.05) is 42.5 Å². The van der Waals surface area contributed by atoms with Crippen LogP contribution in [0.1, 0.15) is 5.56 Å². The molecule has 0 aliphatic rings. The van der Waals surface area contributed by atoms with Crippen molar-refractivity contribution < 1.29 is 9.90 Å². The van der Waals surface area contributed by atoms with Crippen LogP contribution in [0, 0.1) is 0 Å². The van der Waals surface area contributed by atoms with Gasteiger partial charge >= 0.3 is 5.97 Å². The molecule has 0 aliphatic carbocycles. The van der Waals surface area contributed by atoms with Gasteiger partial charge < -0.3 is 10.1 Å². The Morgan fingerprint density at radius 2 is 1.76 bits per heavy atom. The largest absolute Gasteiger partial charge is 0.481 e. The van der Waals surface area contributed by atoms with Gasteiger partial charge in [0, 0.05) is 11.3 Å². The SMILES string of the molecule is O=C(O)Cc1ccc(-c2ccc3ccccc3c2)[nH]c1=O. The zero-order valence-electron chi connectivity index (χ0n) is 11.2. The maximum atomic E-state index is 11.9. The van der Waals surface area contributed by atoms with Gasteiger partial charge in [0.1, 0.15) is 0 Å². The Hall–Kier alpha value is -2.88. The van der Waals surface area contributed by atoms with E-state index < -0.39 is 5.97 Å². The molecule has 3 rings (SSSR count). The fourth-order valence-electron chi connectivity index (χ4n) is 2.33. The van der Waals surface area contributed by atoms with Crippen molar-refractivity contribution in [1.29, 1.82) is 0 Å². The lowest BCUT2D eigenvalue weighted by atomic mass is 10.0. The molecular formula is C17H13NO3. The van der Waals surface area contributed by atoms with E-state index in [4.69, 9.17) is 5.11 Å². The molecule has 21 heavy (non-hydrogen) atoms. The molecule has 0 saturated carbocycles. The molecule has 0 bridgehead atoms. The monoisotopic (exact) mass is 279 g/mol. The molecule has 4 heteroatoms. The molecule has 2 aromatic carbocycles. The van der Waals surface area contributed by atoms with Gasteiger partial charge in [-0.05, 0) is 28.5 Å². The van der Waals surface area contributed by atoms with E-state index in [-0.39, 0.29) is 17.5 Å². The molecule has 2 N–H and O–H groups in total. The molecule has 0 spiro atoms. The third kappa shape index (κ3) is 2.69. The zero-order valence-corrected chi connectivity index (χ0v) is 11.2. The smallest absolute Gasteiger partial charge is 0.308 e. The normalized spacial score (nSPS) is 10.7. The second-order valence-corrected chi connectivity index (χ2v) is 4.86. The molecule has 0 atom stereocenters. The Morgan fingerprint density at radius 3 is 2.48 bits per heavy atom. The van der Waals surface area contributed by atoms with Crippen LogP contribution in [0.3, 0.4) is 0 Å². The van der Waals surface area contributed by atoms with Crippen molar-refractivity contribution in [1.82, 2.24) is 4.98 Å². The molecule has 0 fully saturated rings. The zero-order chi connectivity index (χ0) is 14.8. The highest BCUT2D eigenvalue weighted by Gasteiger charge is 2.07. The van der Waals surface area contributed by atoms with Gasteiger partial charge in [-0.3, -0.25) is 9.59 Å². The molecule has 0 unspecified atom stereocenters. The molecule has 1 aromatic heterocycles. The number of H-pyrrole nitrogens is 1. The first-order valence-corrected chi connectivity index (χ1v) is 6.57. The minimum absolute atomic E-state index is 0.257. The first-order valence-electron chi connectivity index (χ1n) is 6.57. The summed E-state index contributed by atoms with van der Waals surface area (Å²) in [5, 5.41) is 11.0. The van der Waals surface area contributed by atoms with Crippen molar-refractivity contribution >= 4 is 16.7 Å². The summed E-state index contributed by atoms with van der Waals surface area (Å²) in [4.78, 5) is 25.3. The third-order valence-electron chi connectivity index (χ3n) is 3.39. The number of carboxylic acid groups (broad SMARTS) is 1. The maximum Gasteiger partial charge on any atom is 0.308 e. The molecule has 4 nitrogen and oxygen atoms in total. The summed E-state index contributed by atoms with van der Waals surface area (Å²) in [7, 11) is 0. The molecule has 3 aromatic rings. The lowest BCUT2D eigenvalue weighted by Crippen LogP contribution is -2.16. The number of aliphatic carboxylic acids is 1. The highest BCUT2D eigenvalue weighted by atomic mass is 16.4. The number of aromatic nitrogens is 1. The number of pyridine rings is 1. The van der Waals surface area contributed by atoms with E-state index in [9.17, 15) is 9.59 Å². The Bertz CT molecular complexity index is 880. The van der Waals surface area contributed by atoms with Crippen LogP contribution in [0.15, 0.2) is 59.4 Å². The maximum absolute atomic E-state index is 11.9. The summed E-state index contributed by atoms with van der Waals surface area (Å²) in [5.41, 5.74) is 1.47. The van der Waals surface area contributed by atoms with Gasteiger partial charge in [0.15, 0.2) is 0 Å². The summed E-state index contributed by atoms with van der Waals surface area (Å²) >= 11 is 0. The average Bonchev–Trinajstić information content (AvgIpc) is 2.48. The second-order valence-electron chi connectivity index (χ2n) is 4.86. The summed E-state index contributed by atoms with van der Waals surface area (Å²) in [5.74, 6) is -1.01. The first-order chi connectivity index (χ1) is 10.1. The van der Waals surface area contributed by atoms with Crippen molar-refractivity contribution in [3.05, 3.63) is 70.5 Å². The quantitative estimate of drug-likeness (QED) is 0.774. The highest BCUT2D eigenvalue weighted by Crippen LogP contribution is 2.22. The number of benzene rings is 2. The minimum atomic E-state index is -1.01. The number of hydrogen-bond donors (Lipinski definition) is 2. The average molecular weight is 279 g/mol. The molecule has 0 amide bonds. The van der Waals surface area contributed by atoms with Crippen LogP contribution in [0.4, 0.5) is 0 Å². The van der Waals surface area contributed by atoms with Gasteiger partial charge in [0.25, 0.3) is 5.56 Å². The molecular weight excluding hydrogens is 266 g/mol. The fraction of sp³-hybridized carbons (Fsp3) is 0.0588. The van der Waals surface area contributed by atoms with Gasteiger partial charge in [-0.15, -0.1) is 0 Å². The third-order valence-corrected chi connectivity index (χ3v) is 3.39. The fourth-order valence-corrected chi connectivity index (χ4v) is 2.33. The van der Waals surface area contributed by atoms with Crippen LogP contribution in [-0.2, 0) is 11.2 Å². The number of aromatic amines is 1. The molecule has 0 aliphatic heterocycles. The van der Waals surface area contributed by atoms with E-state index in [1.165, 1.54) is 0 Å². The van der Waals surface area contributed by atoms with E-state index >= 15 is 0 Å². The number of carboxylic acids is 1. The summed E-state index contributed by atoms with van der Waals surface area (Å²) in [6.45, 7) is 0. The van der Waals surface area contributed by atoms with E-state index in [0.717, 1.165) is 16.3 Å². The Kier molecular flexibility index (Phi) is 3.28. The van der Waals surface area contributed by atoms with Crippen LogP contribution in [-0.4, -0.2) is 16.1 Å². The summed E-state index contributed by atoms with van der Waals surface area (Å²) in [6.07, 6.45) is -0.271. The molecule has 104 valence electrons. The van der Waals surface area contributed by atoms with Crippen molar-refractivity contribution in [2.75, 3.05) is 0 Å². The standard InChI is InChI=1S/C17H13NO3/c19-16(20)10-14-7-8-15(18-17(14)21)13-6-5-11-3-1-2-4-12(11)9-13/h1-9H,10H2,(H,18,21)(H,19,20). The summed E-state index contributed by atoms with van der Waals surface area (Å²) in [6, 6.07) is 17.2. The van der Waals surface area contributed by atoms with Crippen molar-refractivity contribution in [3.63, 3.8) is 0 Å². The topological polar surface area (TPSA) is 70.2 Å². The first kappa shape index (κ1) is 13.1. The van der Waals surface area contributed by atoms with Crippen molar-refractivity contribution in [2.45, 2.75) is 6.42 Å². The number of fused-ring (bicyclic) bond motifs is 1. The van der Waals surface area contributed by atoms with Gasteiger partial charge in [0.05, 0.1) is 6.42 Å². The van der Waals surface area contributed by atoms with Crippen LogP contribution in [0.5, 0.6) is 0 Å². The Labute approximate surface area is 120 Å². The Balaban J connectivity index is 2.04. The van der Waals surface area contributed by atoms with Gasteiger partial charge in [-0.2, -0.15) is 0 Å². The number of carbonyl (C=O) groups is 1. The molecule has 0 saturated heterocycles. The van der Waals surface area contributed by atoms with Gasteiger partial charge in [0.2, 0.25) is 0 Å². The summed E-state index contributed by atoms with van der Waals surface area (Å²) < 4.78 is 0. The van der Waals surface area contributed by atoms with Crippen molar-refractivity contribution in [2.24, 2.45) is 0 Å². The number of rotatable bonds is 3. The lowest BCUT2D eigenvalue weighted by Gasteiger charge is -2.05. The van der Waals surface area contributed by atoms with E-state index in [1.807, 2.05) is 42.5 Å². The lowest BCUT2D eigenvalue weighted by molar-refractivity contribution is -0.136. The second kappa shape index (κ2) is 5.25. The molecule has 1 heterocycles. The van der Waals surface area contributed by atoms with E-state index in [0.29, 0.717) is 5.69 Å². The van der Waals surface area contributed by atoms with Gasteiger partial charge in [-0.25, -0.2) is 0 Å². The number of hydrogen-bond acceptors (Lipinski definition) is 2. The van der Waals surface area contributed by atoms with Crippen molar-refractivity contribution in [3.8, 4) is 11.3 Å². The van der Waals surface area contributed by atoms with Crippen LogP contribution in [0.25, 0.3) is 22.0 Å². The Morgan fingerprint density at radius 1 is 1.00 bits per heavy atom. The molecule has 0 radical (unpaired) electrons. The number of nitrogens with one attached hydrogen (secondary N) is 1. The van der Waals surface area contributed by atoms with Crippen LogP contribution >= 0.6 is 0 Å².